The van der Waals surface area contributed by atoms with Gasteiger partial charge in [-0.05, 0) is 43.4 Å². The maximum Gasteiger partial charge on any atom is 0.223 e. The molecule has 3 heteroatoms. The molecular formula is C16H20BrNO. The first kappa shape index (κ1) is 13.2. The zero-order valence-electron chi connectivity index (χ0n) is 11.1. The molecule has 0 bridgehead atoms. The van der Waals surface area contributed by atoms with E-state index in [9.17, 15) is 4.79 Å². The van der Waals surface area contributed by atoms with Crippen molar-refractivity contribution in [2.24, 2.45) is 5.92 Å². The molecule has 2 aliphatic carbocycles. The van der Waals surface area contributed by atoms with Crippen molar-refractivity contribution in [2.75, 3.05) is 0 Å². The van der Waals surface area contributed by atoms with Crippen LogP contribution in [-0.4, -0.2) is 5.91 Å². The molecular weight excluding hydrogens is 302 g/mol. The third kappa shape index (κ3) is 2.86. The van der Waals surface area contributed by atoms with Crippen LogP contribution in [0.2, 0.25) is 0 Å². The van der Waals surface area contributed by atoms with Gasteiger partial charge in [0, 0.05) is 10.4 Å². The lowest BCUT2D eigenvalue weighted by atomic mass is 9.88. The quantitative estimate of drug-likeness (QED) is 0.890. The molecule has 0 aliphatic heterocycles. The molecule has 2 nitrogen and oxygen atoms in total. The Labute approximate surface area is 123 Å². The van der Waals surface area contributed by atoms with E-state index in [0.717, 1.165) is 30.2 Å². The van der Waals surface area contributed by atoms with Gasteiger partial charge >= 0.3 is 0 Å². The summed E-state index contributed by atoms with van der Waals surface area (Å²) >= 11 is 3.51. The van der Waals surface area contributed by atoms with E-state index in [2.05, 4.69) is 33.4 Å². The van der Waals surface area contributed by atoms with Crippen molar-refractivity contribution in [3.8, 4) is 0 Å². The average Bonchev–Trinajstić information content (AvgIpc) is 3.21. The Hall–Kier alpha value is -0.830. The third-order valence-corrected chi connectivity index (χ3v) is 4.96. The van der Waals surface area contributed by atoms with Gasteiger partial charge in [-0.25, -0.2) is 0 Å². The van der Waals surface area contributed by atoms with Crippen LogP contribution >= 0.6 is 15.9 Å². The lowest BCUT2D eigenvalue weighted by Gasteiger charge is -2.25. The second kappa shape index (κ2) is 5.28. The van der Waals surface area contributed by atoms with Gasteiger partial charge in [-0.2, -0.15) is 0 Å². The molecule has 1 aromatic rings. The van der Waals surface area contributed by atoms with Crippen molar-refractivity contribution < 1.29 is 4.79 Å². The SMILES string of the molecule is O=C(NC1(c2cccc(Br)c2)CC1)C1CCCCC1. The van der Waals surface area contributed by atoms with Crippen LogP contribution < -0.4 is 5.32 Å². The van der Waals surface area contributed by atoms with Gasteiger partial charge in [-0.1, -0.05) is 47.3 Å². The van der Waals surface area contributed by atoms with E-state index in [1.165, 1.54) is 24.8 Å². The highest BCUT2D eigenvalue weighted by Crippen LogP contribution is 2.46. The largest absolute Gasteiger partial charge is 0.346 e. The molecule has 0 spiro atoms. The van der Waals surface area contributed by atoms with E-state index in [1.54, 1.807) is 0 Å². The summed E-state index contributed by atoms with van der Waals surface area (Å²) in [5.41, 5.74) is 1.17. The second-order valence-corrected chi connectivity index (χ2v) is 6.83. The Bertz CT molecular complexity index is 475. The van der Waals surface area contributed by atoms with Crippen molar-refractivity contribution >= 4 is 21.8 Å². The lowest BCUT2D eigenvalue weighted by molar-refractivity contribution is -0.127. The van der Waals surface area contributed by atoms with Gasteiger partial charge in [0.1, 0.15) is 0 Å². The monoisotopic (exact) mass is 321 g/mol. The number of rotatable bonds is 3. The first-order chi connectivity index (χ1) is 9.20. The Morgan fingerprint density at radius 3 is 2.58 bits per heavy atom. The number of hydrogen-bond acceptors (Lipinski definition) is 1. The summed E-state index contributed by atoms with van der Waals surface area (Å²) < 4.78 is 1.09. The van der Waals surface area contributed by atoms with Gasteiger partial charge in [-0.15, -0.1) is 0 Å². The van der Waals surface area contributed by atoms with Crippen LogP contribution in [-0.2, 0) is 10.3 Å². The highest BCUT2D eigenvalue weighted by molar-refractivity contribution is 9.10. The molecule has 2 aliphatic rings. The van der Waals surface area contributed by atoms with E-state index in [-0.39, 0.29) is 17.4 Å². The Morgan fingerprint density at radius 1 is 1.21 bits per heavy atom. The molecule has 2 saturated carbocycles. The summed E-state index contributed by atoms with van der Waals surface area (Å²) in [7, 11) is 0. The van der Waals surface area contributed by atoms with Gasteiger partial charge in [0.2, 0.25) is 5.91 Å². The van der Waals surface area contributed by atoms with Gasteiger partial charge < -0.3 is 5.32 Å². The van der Waals surface area contributed by atoms with Crippen molar-refractivity contribution in [2.45, 2.75) is 50.5 Å². The first-order valence-corrected chi connectivity index (χ1v) is 8.07. The molecule has 0 radical (unpaired) electrons. The number of carbonyl (C=O) groups excluding carboxylic acids is 1. The fourth-order valence-electron chi connectivity index (χ4n) is 3.10. The van der Waals surface area contributed by atoms with Crippen molar-refractivity contribution in [3.63, 3.8) is 0 Å². The van der Waals surface area contributed by atoms with Crippen LogP contribution in [0.25, 0.3) is 0 Å². The maximum atomic E-state index is 12.4. The smallest absolute Gasteiger partial charge is 0.223 e. The molecule has 19 heavy (non-hydrogen) atoms. The summed E-state index contributed by atoms with van der Waals surface area (Å²) in [5.74, 6) is 0.524. The van der Waals surface area contributed by atoms with Gasteiger partial charge in [0.05, 0.1) is 5.54 Å². The Kier molecular flexibility index (Phi) is 3.66. The van der Waals surface area contributed by atoms with Gasteiger partial charge in [-0.3, -0.25) is 4.79 Å². The summed E-state index contributed by atoms with van der Waals surface area (Å²) in [4.78, 5) is 12.4. The van der Waals surface area contributed by atoms with E-state index >= 15 is 0 Å². The van der Waals surface area contributed by atoms with Gasteiger partial charge in [0.25, 0.3) is 0 Å². The van der Waals surface area contributed by atoms with Crippen LogP contribution in [0.15, 0.2) is 28.7 Å². The van der Waals surface area contributed by atoms with Crippen LogP contribution in [0, 0.1) is 5.92 Å². The molecule has 1 N–H and O–H groups in total. The van der Waals surface area contributed by atoms with Crippen molar-refractivity contribution in [1.29, 1.82) is 0 Å². The lowest BCUT2D eigenvalue weighted by Crippen LogP contribution is -2.39. The molecule has 0 atom stereocenters. The number of amides is 1. The fraction of sp³-hybridized carbons (Fsp3) is 0.562. The molecule has 1 aromatic carbocycles. The molecule has 2 fully saturated rings. The fourth-order valence-corrected chi connectivity index (χ4v) is 3.50. The highest BCUT2D eigenvalue weighted by atomic mass is 79.9. The third-order valence-electron chi connectivity index (χ3n) is 4.47. The van der Waals surface area contributed by atoms with E-state index in [1.807, 2.05) is 12.1 Å². The van der Waals surface area contributed by atoms with Crippen LogP contribution in [0.3, 0.4) is 0 Å². The van der Waals surface area contributed by atoms with E-state index in [4.69, 9.17) is 0 Å². The zero-order valence-corrected chi connectivity index (χ0v) is 12.7. The summed E-state index contributed by atoms with van der Waals surface area (Å²) in [6.07, 6.45) is 8.00. The molecule has 0 saturated heterocycles. The summed E-state index contributed by atoms with van der Waals surface area (Å²) in [6, 6.07) is 8.34. The minimum Gasteiger partial charge on any atom is -0.346 e. The highest BCUT2D eigenvalue weighted by Gasteiger charge is 2.46. The van der Waals surface area contributed by atoms with Crippen LogP contribution in [0.4, 0.5) is 0 Å². The van der Waals surface area contributed by atoms with E-state index in [0.29, 0.717) is 0 Å². The van der Waals surface area contributed by atoms with Gasteiger partial charge in [0.15, 0.2) is 0 Å². The second-order valence-electron chi connectivity index (χ2n) is 5.92. The molecule has 1 amide bonds. The standard InChI is InChI=1S/C16H20BrNO/c17-14-8-4-7-13(11-14)16(9-10-16)18-15(19)12-5-2-1-3-6-12/h4,7-8,11-12H,1-3,5-6,9-10H2,(H,18,19). The minimum absolute atomic E-state index is 0.0711. The zero-order chi connectivity index (χ0) is 13.3. The van der Waals surface area contributed by atoms with Crippen LogP contribution in [0.1, 0.15) is 50.5 Å². The Morgan fingerprint density at radius 2 is 1.95 bits per heavy atom. The molecule has 3 rings (SSSR count). The molecule has 102 valence electrons. The summed E-state index contributed by atoms with van der Waals surface area (Å²) in [5, 5.41) is 3.32. The minimum atomic E-state index is -0.0711. The normalized spacial score (nSPS) is 21.9. The molecule has 0 unspecified atom stereocenters. The topological polar surface area (TPSA) is 29.1 Å². The Balaban J connectivity index is 1.70. The average molecular weight is 322 g/mol. The number of carbonyl (C=O) groups is 1. The van der Waals surface area contributed by atoms with Crippen LogP contribution in [0.5, 0.6) is 0 Å². The first-order valence-electron chi connectivity index (χ1n) is 7.28. The number of nitrogens with one attached hydrogen (secondary N) is 1. The maximum absolute atomic E-state index is 12.4. The van der Waals surface area contributed by atoms with Crippen molar-refractivity contribution in [3.05, 3.63) is 34.3 Å². The molecule has 0 heterocycles. The number of halogens is 1. The number of hydrogen-bond donors (Lipinski definition) is 1. The van der Waals surface area contributed by atoms with E-state index < -0.39 is 0 Å². The predicted octanol–water partition coefficient (Wildman–Crippen LogP) is 4.13. The molecule has 0 aromatic heterocycles. The van der Waals surface area contributed by atoms with Crippen molar-refractivity contribution in [1.82, 2.24) is 5.32 Å². The summed E-state index contributed by atoms with van der Waals surface area (Å²) in [6.45, 7) is 0. The number of benzene rings is 1. The predicted molar refractivity (Wildman–Crippen MR) is 79.8 cm³/mol.